The fourth-order valence-corrected chi connectivity index (χ4v) is 2.28. The molecule has 0 saturated carbocycles. The van der Waals surface area contributed by atoms with E-state index in [1.54, 1.807) is 11.3 Å². The van der Waals surface area contributed by atoms with Gasteiger partial charge in [-0.15, -0.1) is 11.3 Å². The molecule has 0 unspecified atom stereocenters. The highest BCUT2D eigenvalue weighted by molar-refractivity contribution is 7.09. The second-order valence-electron chi connectivity index (χ2n) is 4.16. The average Bonchev–Trinajstić information content (AvgIpc) is 2.90. The van der Waals surface area contributed by atoms with Crippen LogP contribution in [0.2, 0.25) is 0 Å². The van der Waals surface area contributed by atoms with Crippen molar-refractivity contribution in [1.82, 2.24) is 0 Å². The van der Waals surface area contributed by atoms with Gasteiger partial charge in [0.1, 0.15) is 5.75 Å². The molecular weight excluding hydrogens is 242 g/mol. The van der Waals surface area contributed by atoms with Gasteiger partial charge in [0.05, 0.1) is 6.61 Å². The summed E-state index contributed by atoms with van der Waals surface area (Å²) in [6.45, 7) is 3.84. The predicted molar refractivity (Wildman–Crippen MR) is 78.5 cm³/mol. The molecule has 3 heteroatoms. The summed E-state index contributed by atoms with van der Waals surface area (Å²) in [7, 11) is 0. The van der Waals surface area contributed by atoms with Gasteiger partial charge in [-0.25, -0.2) is 0 Å². The molecule has 0 spiro atoms. The fourth-order valence-electron chi connectivity index (χ4n) is 1.63. The minimum atomic E-state index is 0.797. The van der Waals surface area contributed by atoms with Gasteiger partial charge in [-0.05, 0) is 30.0 Å². The summed E-state index contributed by atoms with van der Waals surface area (Å²) in [5.74, 6) is 0.944. The molecule has 0 bridgehead atoms. The highest BCUT2D eigenvalue weighted by atomic mass is 32.1. The van der Waals surface area contributed by atoms with E-state index in [1.165, 1.54) is 4.88 Å². The minimum Gasteiger partial charge on any atom is -0.494 e. The monoisotopic (exact) mass is 261 g/mol. The van der Waals surface area contributed by atoms with Gasteiger partial charge in [0.25, 0.3) is 0 Å². The largest absolute Gasteiger partial charge is 0.494 e. The zero-order valence-corrected chi connectivity index (χ0v) is 11.5. The molecule has 2 aromatic rings. The second kappa shape index (κ2) is 7.07. The lowest BCUT2D eigenvalue weighted by molar-refractivity contribution is 0.309. The van der Waals surface area contributed by atoms with Crippen LogP contribution in [0.1, 0.15) is 24.6 Å². The molecule has 0 saturated heterocycles. The molecule has 1 aromatic heterocycles. The van der Waals surface area contributed by atoms with Crippen LogP contribution >= 0.6 is 11.3 Å². The van der Waals surface area contributed by atoms with E-state index in [0.29, 0.717) is 0 Å². The van der Waals surface area contributed by atoms with Crippen LogP contribution in [0.25, 0.3) is 0 Å². The standard InChI is InChI=1S/C15H19NOS/c1-2-3-9-17-14-7-4-6-13(11-14)16-12-15-8-5-10-18-15/h4-8,10-11,16H,2-3,9,12H2,1H3. The van der Waals surface area contributed by atoms with E-state index in [9.17, 15) is 0 Å². The van der Waals surface area contributed by atoms with Gasteiger partial charge in [0.2, 0.25) is 0 Å². The normalized spacial score (nSPS) is 10.3. The molecule has 1 N–H and O–H groups in total. The predicted octanol–water partition coefficient (Wildman–Crippen LogP) is 4.54. The molecule has 0 aliphatic rings. The Morgan fingerprint density at radius 2 is 2.17 bits per heavy atom. The first kappa shape index (κ1) is 13.0. The Bertz CT molecular complexity index is 453. The van der Waals surface area contributed by atoms with Crippen LogP contribution in [0.15, 0.2) is 41.8 Å². The number of nitrogens with one attached hydrogen (secondary N) is 1. The van der Waals surface area contributed by atoms with Gasteiger partial charge in [0, 0.05) is 23.2 Å². The molecular formula is C15H19NOS. The van der Waals surface area contributed by atoms with Crippen LogP contribution in [0.3, 0.4) is 0 Å². The number of ether oxygens (including phenoxy) is 1. The zero-order valence-electron chi connectivity index (χ0n) is 10.7. The summed E-state index contributed by atoms with van der Waals surface area (Å²) in [6.07, 6.45) is 2.27. The number of benzene rings is 1. The van der Waals surface area contributed by atoms with Crippen LogP contribution in [-0.2, 0) is 6.54 Å². The minimum absolute atomic E-state index is 0.797. The van der Waals surface area contributed by atoms with Crippen LogP contribution in [-0.4, -0.2) is 6.61 Å². The number of hydrogen-bond donors (Lipinski definition) is 1. The average molecular weight is 261 g/mol. The topological polar surface area (TPSA) is 21.3 Å². The van der Waals surface area contributed by atoms with Crippen LogP contribution in [0.5, 0.6) is 5.75 Å². The number of thiophene rings is 1. The summed E-state index contributed by atoms with van der Waals surface area (Å²) >= 11 is 1.77. The Morgan fingerprint density at radius 3 is 2.94 bits per heavy atom. The molecule has 0 amide bonds. The van der Waals surface area contributed by atoms with E-state index < -0.39 is 0 Å². The molecule has 0 atom stereocenters. The summed E-state index contributed by atoms with van der Waals surface area (Å²) < 4.78 is 5.69. The van der Waals surface area contributed by atoms with E-state index in [-0.39, 0.29) is 0 Å². The zero-order chi connectivity index (χ0) is 12.6. The molecule has 2 rings (SSSR count). The lowest BCUT2D eigenvalue weighted by atomic mass is 10.3. The van der Waals surface area contributed by atoms with Crippen molar-refractivity contribution >= 4 is 17.0 Å². The Morgan fingerprint density at radius 1 is 1.22 bits per heavy atom. The van der Waals surface area contributed by atoms with Crippen molar-refractivity contribution in [3.05, 3.63) is 46.7 Å². The van der Waals surface area contributed by atoms with E-state index in [2.05, 4.69) is 41.9 Å². The highest BCUT2D eigenvalue weighted by Gasteiger charge is 1.98. The molecule has 2 nitrogen and oxygen atoms in total. The van der Waals surface area contributed by atoms with Crippen molar-refractivity contribution in [3.8, 4) is 5.75 Å². The molecule has 96 valence electrons. The molecule has 1 aromatic carbocycles. The summed E-state index contributed by atoms with van der Waals surface area (Å²) in [4.78, 5) is 1.34. The smallest absolute Gasteiger partial charge is 0.121 e. The number of hydrogen-bond acceptors (Lipinski definition) is 3. The van der Waals surface area contributed by atoms with Crippen molar-refractivity contribution < 1.29 is 4.74 Å². The van der Waals surface area contributed by atoms with Crippen molar-refractivity contribution in [3.63, 3.8) is 0 Å². The summed E-state index contributed by atoms with van der Waals surface area (Å²) in [5.41, 5.74) is 1.11. The summed E-state index contributed by atoms with van der Waals surface area (Å²) in [6, 6.07) is 12.4. The van der Waals surface area contributed by atoms with E-state index in [0.717, 1.165) is 37.4 Å². The third kappa shape index (κ3) is 4.08. The van der Waals surface area contributed by atoms with Gasteiger partial charge in [-0.2, -0.15) is 0 Å². The van der Waals surface area contributed by atoms with E-state index in [4.69, 9.17) is 4.74 Å². The Hall–Kier alpha value is -1.48. The van der Waals surface area contributed by atoms with Crippen LogP contribution in [0.4, 0.5) is 5.69 Å². The number of anilines is 1. The molecule has 0 aliphatic carbocycles. The molecule has 0 radical (unpaired) electrons. The quantitative estimate of drug-likeness (QED) is 0.739. The fraction of sp³-hybridized carbons (Fsp3) is 0.333. The number of rotatable bonds is 7. The maximum atomic E-state index is 5.69. The van der Waals surface area contributed by atoms with Crippen LogP contribution < -0.4 is 10.1 Å². The van der Waals surface area contributed by atoms with E-state index in [1.807, 2.05) is 12.1 Å². The van der Waals surface area contributed by atoms with Crippen molar-refractivity contribution in [2.45, 2.75) is 26.3 Å². The van der Waals surface area contributed by atoms with Gasteiger partial charge < -0.3 is 10.1 Å². The SMILES string of the molecule is CCCCOc1cccc(NCc2cccs2)c1. The summed E-state index contributed by atoms with van der Waals surface area (Å²) in [5, 5.41) is 5.51. The third-order valence-electron chi connectivity index (χ3n) is 2.65. The lowest BCUT2D eigenvalue weighted by Crippen LogP contribution is -1.99. The maximum absolute atomic E-state index is 5.69. The van der Waals surface area contributed by atoms with Crippen molar-refractivity contribution in [2.75, 3.05) is 11.9 Å². The Balaban J connectivity index is 1.86. The second-order valence-corrected chi connectivity index (χ2v) is 5.20. The van der Waals surface area contributed by atoms with Gasteiger partial charge in [-0.1, -0.05) is 25.5 Å². The van der Waals surface area contributed by atoms with E-state index >= 15 is 0 Å². The third-order valence-corrected chi connectivity index (χ3v) is 3.52. The Kier molecular flexibility index (Phi) is 5.09. The van der Waals surface area contributed by atoms with Crippen molar-refractivity contribution in [2.24, 2.45) is 0 Å². The number of unbranched alkanes of at least 4 members (excludes halogenated alkanes) is 1. The van der Waals surface area contributed by atoms with Gasteiger partial charge >= 0.3 is 0 Å². The molecule has 18 heavy (non-hydrogen) atoms. The molecule has 0 aliphatic heterocycles. The molecule has 0 fully saturated rings. The van der Waals surface area contributed by atoms with Crippen LogP contribution in [0, 0.1) is 0 Å². The highest BCUT2D eigenvalue weighted by Crippen LogP contribution is 2.19. The Labute approximate surface area is 113 Å². The van der Waals surface area contributed by atoms with Crippen molar-refractivity contribution in [1.29, 1.82) is 0 Å². The van der Waals surface area contributed by atoms with Gasteiger partial charge in [-0.3, -0.25) is 0 Å². The lowest BCUT2D eigenvalue weighted by Gasteiger charge is -2.09. The molecule has 1 heterocycles. The first-order chi connectivity index (χ1) is 8.88. The maximum Gasteiger partial charge on any atom is 0.121 e. The van der Waals surface area contributed by atoms with Gasteiger partial charge in [0.15, 0.2) is 0 Å². The first-order valence-corrected chi connectivity index (χ1v) is 7.25. The first-order valence-electron chi connectivity index (χ1n) is 6.37.